The van der Waals surface area contributed by atoms with Gasteiger partial charge in [0.05, 0.1) is 12.7 Å². The highest BCUT2D eigenvalue weighted by atomic mass is 16.6. The van der Waals surface area contributed by atoms with Gasteiger partial charge in [-0.25, -0.2) is 15.0 Å². The van der Waals surface area contributed by atoms with Crippen LogP contribution in [-0.4, -0.2) is 60.5 Å². The highest BCUT2D eigenvalue weighted by Gasteiger charge is 2.44. The SMILES string of the molecule is O=C(Cc1cccc2ccccc12)NC[C@H]1O[C@@H](n2cnc3c(NCc4ccc(Oc5ccccc5)cc4)ncnc32)[C@H](O)[C@@H]1O. The number of hydrogen-bond donors (Lipinski definition) is 4. The fourth-order valence-electron chi connectivity index (χ4n) is 5.68. The molecule has 0 saturated carbocycles. The number of imidazole rings is 1. The summed E-state index contributed by atoms with van der Waals surface area (Å²) in [5, 5.41) is 29.9. The molecule has 0 unspecified atom stereocenters. The summed E-state index contributed by atoms with van der Waals surface area (Å²) in [4.78, 5) is 26.0. The Morgan fingerprint density at radius 3 is 2.46 bits per heavy atom. The van der Waals surface area contributed by atoms with Crippen LogP contribution in [0.5, 0.6) is 11.5 Å². The number of ether oxygens (including phenoxy) is 2. The maximum Gasteiger partial charge on any atom is 0.224 e. The zero-order valence-electron chi connectivity index (χ0n) is 24.7. The van der Waals surface area contributed by atoms with Crippen LogP contribution in [0.2, 0.25) is 0 Å². The standard InChI is InChI=1S/C35H32N6O5/c42-29(17-24-9-6-8-23-7-4-5-12-27(23)24)36-19-28-31(43)32(44)35(46-28)41-21-40-30-33(38-20-39-34(30)41)37-18-22-13-15-26(16-14-22)45-25-10-2-1-3-11-25/h1-16,20-21,28,31-32,35,43-44H,17-19H2,(H,36,42)(H,37,38,39)/t28-,31-,32-,35-/m1/s1. The van der Waals surface area contributed by atoms with Crippen molar-refractivity contribution >= 4 is 33.7 Å². The highest BCUT2D eigenvalue weighted by molar-refractivity contribution is 5.90. The number of benzene rings is 4. The summed E-state index contributed by atoms with van der Waals surface area (Å²) >= 11 is 0. The molecule has 1 aliphatic rings. The number of hydrogen-bond acceptors (Lipinski definition) is 9. The van der Waals surface area contributed by atoms with E-state index in [1.807, 2.05) is 97.1 Å². The van der Waals surface area contributed by atoms with Crippen LogP contribution in [0.1, 0.15) is 17.4 Å². The van der Waals surface area contributed by atoms with Crippen molar-refractivity contribution in [3.8, 4) is 11.5 Å². The summed E-state index contributed by atoms with van der Waals surface area (Å²) in [5.74, 6) is 1.81. The first kappa shape index (κ1) is 29.4. The van der Waals surface area contributed by atoms with Gasteiger partial charge in [-0.2, -0.15) is 0 Å². The summed E-state index contributed by atoms with van der Waals surface area (Å²) in [5.41, 5.74) is 2.84. The molecule has 11 nitrogen and oxygen atoms in total. The second-order valence-electron chi connectivity index (χ2n) is 11.1. The third-order valence-corrected chi connectivity index (χ3v) is 8.06. The number of para-hydroxylation sites is 1. The molecule has 232 valence electrons. The van der Waals surface area contributed by atoms with Gasteiger partial charge in [0.2, 0.25) is 5.91 Å². The Morgan fingerprint density at radius 1 is 0.848 bits per heavy atom. The minimum Gasteiger partial charge on any atom is -0.457 e. The van der Waals surface area contributed by atoms with Crippen LogP contribution in [0.4, 0.5) is 5.82 Å². The van der Waals surface area contributed by atoms with Gasteiger partial charge in [-0.15, -0.1) is 0 Å². The van der Waals surface area contributed by atoms with Crippen LogP contribution in [0.3, 0.4) is 0 Å². The van der Waals surface area contributed by atoms with E-state index < -0.39 is 24.5 Å². The van der Waals surface area contributed by atoms with Crippen molar-refractivity contribution in [3.05, 3.63) is 121 Å². The first-order valence-electron chi connectivity index (χ1n) is 15.0. The number of carbonyl (C=O) groups excluding carboxylic acids is 1. The number of amides is 1. The second-order valence-corrected chi connectivity index (χ2v) is 11.1. The van der Waals surface area contributed by atoms with Gasteiger partial charge in [0, 0.05) is 13.1 Å². The van der Waals surface area contributed by atoms with E-state index >= 15 is 0 Å². The first-order valence-corrected chi connectivity index (χ1v) is 15.0. The monoisotopic (exact) mass is 616 g/mol. The Labute approximate surface area is 264 Å². The molecule has 1 saturated heterocycles. The quantitative estimate of drug-likeness (QED) is 0.177. The lowest BCUT2D eigenvalue weighted by Gasteiger charge is -2.17. The summed E-state index contributed by atoms with van der Waals surface area (Å²) in [6, 6.07) is 31.1. The number of carbonyl (C=O) groups is 1. The van der Waals surface area contributed by atoms with E-state index in [4.69, 9.17) is 9.47 Å². The number of rotatable bonds is 10. The summed E-state index contributed by atoms with van der Waals surface area (Å²) < 4.78 is 13.5. The van der Waals surface area contributed by atoms with Gasteiger partial charge in [0.15, 0.2) is 23.2 Å². The van der Waals surface area contributed by atoms with Crippen molar-refractivity contribution in [1.29, 1.82) is 0 Å². The normalized spacial score (nSPS) is 19.3. The number of fused-ring (bicyclic) bond motifs is 2. The lowest BCUT2D eigenvalue weighted by Crippen LogP contribution is -2.40. The fraction of sp³-hybridized carbons (Fsp3) is 0.200. The topological polar surface area (TPSA) is 144 Å². The van der Waals surface area contributed by atoms with Gasteiger partial charge in [-0.3, -0.25) is 9.36 Å². The molecule has 2 aromatic heterocycles. The van der Waals surface area contributed by atoms with Crippen LogP contribution in [0.25, 0.3) is 21.9 Å². The largest absolute Gasteiger partial charge is 0.457 e. The van der Waals surface area contributed by atoms with Gasteiger partial charge >= 0.3 is 0 Å². The van der Waals surface area contributed by atoms with Crippen LogP contribution < -0.4 is 15.4 Å². The minimum atomic E-state index is -1.26. The van der Waals surface area contributed by atoms with Gasteiger partial charge in [0.1, 0.15) is 36.1 Å². The van der Waals surface area contributed by atoms with Crippen molar-refractivity contribution in [2.45, 2.75) is 37.5 Å². The first-order chi connectivity index (χ1) is 22.5. The lowest BCUT2D eigenvalue weighted by atomic mass is 10.0. The third kappa shape index (κ3) is 6.11. The Morgan fingerprint density at radius 2 is 1.61 bits per heavy atom. The summed E-state index contributed by atoms with van der Waals surface area (Å²) in [6.45, 7) is 0.508. The summed E-state index contributed by atoms with van der Waals surface area (Å²) in [6.07, 6.45) is -1.19. The van der Waals surface area contributed by atoms with Crippen LogP contribution in [0.15, 0.2) is 110 Å². The van der Waals surface area contributed by atoms with Gasteiger partial charge in [-0.05, 0) is 46.2 Å². The average molecular weight is 617 g/mol. The molecule has 7 rings (SSSR count). The van der Waals surface area contributed by atoms with E-state index in [0.29, 0.717) is 23.5 Å². The molecule has 3 heterocycles. The van der Waals surface area contributed by atoms with Crippen molar-refractivity contribution in [2.75, 3.05) is 11.9 Å². The number of anilines is 1. The maximum absolute atomic E-state index is 12.8. The lowest BCUT2D eigenvalue weighted by molar-refractivity contribution is -0.121. The van der Waals surface area contributed by atoms with Crippen LogP contribution in [0, 0.1) is 0 Å². The fourth-order valence-corrected chi connectivity index (χ4v) is 5.68. The molecular formula is C35H32N6O5. The van der Waals surface area contributed by atoms with Gasteiger partial charge < -0.3 is 30.3 Å². The molecule has 46 heavy (non-hydrogen) atoms. The number of nitrogens with one attached hydrogen (secondary N) is 2. The van der Waals surface area contributed by atoms with Crippen molar-refractivity contribution < 1.29 is 24.5 Å². The molecule has 1 aliphatic heterocycles. The molecule has 4 atom stereocenters. The van der Waals surface area contributed by atoms with Crippen LogP contribution >= 0.6 is 0 Å². The smallest absolute Gasteiger partial charge is 0.224 e. The number of aromatic nitrogens is 4. The van der Waals surface area contributed by atoms with E-state index in [-0.39, 0.29) is 18.9 Å². The van der Waals surface area contributed by atoms with E-state index in [9.17, 15) is 15.0 Å². The van der Waals surface area contributed by atoms with E-state index in [2.05, 4.69) is 25.6 Å². The average Bonchev–Trinajstić information content (AvgIpc) is 3.64. The Kier molecular flexibility index (Phi) is 8.26. The molecule has 0 aliphatic carbocycles. The molecule has 11 heteroatoms. The van der Waals surface area contributed by atoms with E-state index in [1.165, 1.54) is 12.7 Å². The Hall–Kier alpha value is -5.36. The highest BCUT2D eigenvalue weighted by Crippen LogP contribution is 2.32. The van der Waals surface area contributed by atoms with Gasteiger partial charge in [-0.1, -0.05) is 72.8 Å². The van der Waals surface area contributed by atoms with Gasteiger partial charge in [0.25, 0.3) is 0 Å². The van der Waals surface area contributed by atoms with Crippen molar-refractivity contribution in [2.24, 2.45) is 0 Å². The Bertz CT molecular complexity index is 1960. The molecule has 0 bridgehead atoms. The molecule has 1 amide bonds. The van der Waals surface area contributed by atoms with Crippen molar-refractivity contribution in [3.63, 3.8) is 0 Å². The molecule has 0 radical (unpaired) electrons. The molecule has 4 N–H and O–H groups in total. The molecular weight excluding hydrogens is 584 g/mol. The van der Waals surface area contributed by atoms with Crippen LogP contribution in [-0.2, 0) is 22.5 Å². The molecule has 4 aromatic carbocycles. The molecule has 6 aromatic rings. The molecule has 1 fully saturated rings. The minimum absolute atomic E-state index is 0.0297. The zero-order chi connectivity index (χ0) is 31.5. The number of aliphatic hydroxyl groups excluding tert-OH is 2. The zero-order valence-corrected chi connectivity index (χ0v) is 24.7. The number of nitrogens with zero attached hydrogens (tertiary/aromatic N) is 4. The third-order valence-electron chi connectivity index (χ3n) is 8.06. The van der Waals surface area contributed by atoms with E-state index in [0.717, 1.165) is 33.4 Å². The number of aliphatic hydroxyl groups is 2. The predicted molar refractivity (Wildman–Crippen MR) is 172 cm³/mol. The second kappa shape index (κ2) is 12.9. The van der Waals surface area contributed by atoms with Crippen molar-refractivity contribution in [1.82, 2.24) is 24.8 Å². The maximum atomic E-state index is 12.8. The Balaban J connectivity index is 0.982. The summed E-state index contributed by atoms with van der Waals surface area (Å²) in [7, 11) is 0. The van der Waals surface area contributed by atoms with E-state index in [1.54, 1.807) is 4.57 Å². The predicted octanol–water partition coefficient (Wildman–Crippen LogP) is 4.36. The molecule has 0 spiro atoms.